The Morgan fingerprint density at radius 2 is 2.38 bits per heavy atom. The van der Waals surface area contributed by atoms with E-state index in [4.69, 9.17) is 4.74 Å². The van der Waals surface area contributed by atoms with Crippen molar-refractivity contribution >= 4 is 22.7 Å². The summed E-state index contributed by atoms with van der Waals surface area (Å²) >= 11 is 1.26. The van der Waals surface area contributed by atoms with Gasteiger partial charge in [-0.1, -0.05) is 17.8 Å². The van der Waals surface area contributed by atoms with Gasteiger partial charge in [-0.3, -0.25) is 4.79 Å². The van der Waals surface area contributed by atoms with Gasteiger partial charge in [-0.25, -0.2) is 0 Å². The van der Waals surface area contributed by atoms with E-state index < -0.39 is 0 Å². The molecule has 1 aliphatic rings. The number of fused-ring (bicyclic) bond motifs is 1. The maximum absolute atomic E-state index is 11.0. The molecule has 2 rings (SSSR count). The summed E-state index contributed by atoms with van der Waals surface area (Å²) in [5.74, 6) is 1.52. The molecule has 1 N–H and O–H groups in total. The highest BCUT2D eigenvalue weighted by atomic mass is 32.2. The van der Waals surface area contributed by atoms with Crippen molar-refractivity contribution in [1.29, 1.82) is 0 Å². The molecule has 0 atom stereocenters. The van der Waals surface area contributed by atoms with Crippen molar-refractivity contribution in [2.24, 2.45) is 0 Å². The van der Waals surface area contributed by atoms with Crippen molar-refractivity contribution in [2.45, 2.75) is 5.75 Å². The molecule has 1 aromatic rings. The first-order valence-electron chi connectivity index (χ1n) is 3.91. The monoisotopic (exact) mass is 195 g/mol. The largest absolute Gasteiger partial charge is 0.496 e. The third-order valence-corrected chi connectivity index (χ3v) is 2.73. The molecule has 1 heterocycles. The van der Waals surface area contributed by atoms with E-state index in [2.05, 4.69) is 5.32 Å². The number of thioether (sulfide) groups is 1. The summed E-state index contributed by atoms with van der Waals surface area (Å²) in [6, 6.07) is 5.65. The quantitative estimate of drug-likeness (QED) is 0.748. The third kappa shape index (κ3) is 1.49. The number of anilines is 1. The van der Waals surface area contributed by atoms with Crippen LogP contribution in [0.25, 0.3) is 0 Å². The molecule has 0 unspecified atom stereocenters. The number of carbonyl (C=O) groups is 1. The van der Waals surface area contributed by atoms with Gasteiger partial charge in [0.05, 0.1) is 7.11 Å². The van der Waals surface area contributed by atoms with Crippen LogP contribution in [-0.4, -0.2) is 12.3 Å². The van der Waals surface area contributed by atoms with Crippen molar-refractivity contribution < 1.29 is 9.53 Å². The number of hydrogen-bond acceptors (Lipinski definition) is 3. The summed E-state index contributed by atoms with van der Waals surface area (Å²) in [6.07, 6.45) is 0. The van der Waals surface area contributed by atoms with Crippen LogP contribution in [0.4, 0.5) is 10.5 Å². The maximum atomic E-state index is 11.0. The lowest BCUT2D eigenvalue weighted by atomic mass is 10.2. The van der Waals surface area contributed by atoms with E-state index >= 15 is 0 Å². The van der Waals surface area contributed by atoms with Crippen LogP contribution in [0.1, 0.15) is 5.56 Å². The van der Waals surface area contributed by atoms with Gasteiger partial charge in [0.2, 0.25) is 0 Å². The van der Waals surface area contributed by atoms with Crippen LogP contribution in [0, 0.1) is 0 Å². The lowest BCUT2D eigenvalue weighted by molar-refractivity contribution is 0.269. The van der Waals surface area contributed by atoms with E-state index in [1.54, 1.807) is 7.11 Å². The van der Waals surface area contributed by atoms with Crippen molar-refractivity contribution in [1.82, 2.24) is 0 Å². The van der Waals surface area contributed by atoms with E-state index in [0.717, 1.165) is 17.0 Å². The molecule has 1 aliphatic heterocycles. The van der Waals surface area contributed by atoms with E-state index in [9.17, 15) is 4.79 Å². The first kappa shape index (κ1) is 8.44. The predicted molar refractivity (Wildman–Crippen MR) is 53.3 cm³/mol. The molecule has 3 nitrogen and oxygen atoms in total. The fourth-order valence-corrected chi connectivity index (χ4v) is 2.06. The van der Waals surface area contributed by atoms with Gasteiger partial charge in [0, 0.05) is 17.0 Å². The Morgan fingerprint density at radius 3 is 3.15 bits per heavy atom. The van der Waals surface area contributed by atoms with Crippen LogP contribution >= 0.6 is 11.8 Å². The normalized spacial score (nSPS) is 14.7. The Bertz CT molecular complexity index is 351. The summed E-state index contributed by atoms with van der Waals surface area (Å²) in [4.78, 5) is 11.0. The molecular formula is C9H9NO2S. The van der Waals surface area contributed by atoms with Gasteiger partial charge >= 0.3 is 0 Å². The Morgan fingerprint density at radius 1 is 1.54 bits per heavy atom. The van der Waals surface area contributed by atoms with Crippen LogP contribution in [0.2, 0.25) is 0 Å². The second kappa shape index (κ2) is 3.30. The fourth-order valence-electron chi connectivity index (χ4n) is 1.31. The zero-order chi connectivity index (χ0) is 9.26. The van der Waals surface area contributed by atoms with Gasteiger partial charge in [0.15, 0.2) is 0 Å². The smallest absolute Gasteiger partial charge is 0.283 e. The van der Waals surface area contributed by atoms with Gasteiger partial charge < -0.3 is 10.1 Å². The Kier molecular flexibility index (Phi) is 2.14. The minimum absolute atomic E-state index is 0.000697. The zero-order valence-corrected chi connectivity index (χ0v) is 7.98. The summed E-state index contributed by atoms with van der Waals surface area (Å²) in [7, 11) is 1.64. The molecule has 0 spiro atoms. The number of methoxy groups -OCH3 is 1. The van der Waals surface area contributed by atoms with Crippen LogP contribution < -0.4 is 10.1 Å². The Hall–Kier alpha value is -1.16. The third-order valence-electron chi connectivity index (χ3n) is 1.94. The highest BCUT2D eigenvalue weighted by Gasteiger charge is 2.17. The van der Waals surface area contributed by atoms with Gasteiger partial charge in [-0.15, -0.1) is 0 Å². The fraction of sp³-hybridized carbons (Fsp3) is 0.222. The first-order valence-corrected chi connectivity index (χ1v) is 4.89. The van der Waals surface area contributed by atoms with Crippen molar-refractivity contribution in [3.8, 4) is 5.75 Å². The number of ether oxygens (including phenoxy) is 1. The minimum atomic E-state index is 0.000697. The summed E-state index contributed by atoms with van der Waals surface area (Å²) in [5.41, 5.74) is 1.93. The molecule has 0 radical (unpaired) electrons. The van der Waals surface area contributed by atoms with Crippen LogP contribution in [0.15, 0.2) is 18.2 Å². The number of amides is 1. The summed E-state index contributed by atoms with van der Waals surface area (Å²) < 4.78 is 5.18. The number of benzene rings is 1. The van der Waals surface area contributed by atoms with Crippen LogP contribution in [0.5, 0.6) is 5.75 Å². The predicted octanol–water partition coefficient (Wildman–Crippen LogP) is 2.47. The molecule has 0 fully saturated rings. The molecular weight excluding hydrogens is 186 g/mol. The zero-order valence-electron chi connectivity index (χ0n) is 7.16. The summed E-state index contributed by atoms with van der Waals surface area (Å²) in [6.45, 7) is 0. The SMILES string of the molecule is COc1cccc2c1CSC(=O)N2. The van der Waals surface area contributed by atoms with Gasteiger partial charge in [0.1, 0.15) is 5.75 Å². The van der Waals surface area contributed by atoms with Crippen molar-refractivity contribution in [3.05, 3.63) is 23.8 Å². The Balaban J connectivity index is 2.45. The second-order valence-corrected chi connectivity index (χ2v) is 3.64. The average Bonchev–Trinajstić information content (AvgIpc) is 2.16. The first-order chi connectivity index (χ1) is 6.31. The van der Waals surface area contributed by atoms with Crippen molar-refractivity contribution in [2.75, 3.05) is 12.4 Å². The molecule has 0 bridgehead atoms. The highest BCUT2D eigenvalue weighted by molar-refractivity contribution is 8.13. The molecule has 0 aliphatic carbocycles. The number of nitrogens with one attached hydrogen (secondary N) is 1. The Labute approximate surface area is 80.5 Å². The minimum Gasteiger partial charge on any atom is -0.496 e. The van der Waals surface area contributed by atoms with E-state index in [1.807, 2.05) is 18.2 Å². The van der Waals surface area contributed by atoms with E-state index in [0.29, 0.717) is 5.75 Å². The molecule has 1 amide bonds. The number of carbonyl (C=O) groups excluding carboxylic acids is 1. The second-order valence-electron chi connectivity index (χ2n) is 2.69. The molecule has 0 saturated carbocycles. The lowest BCUT2D eigenvalue weighted by Gasteiger charge is -2.18. The number of rotatable bonds is 1. The van der Waals surface area contributed by atoms with E-state index in [-0.39, 0.29) is 5.24 Å². The summed E-state index contributed by atoms with van der Waals surface area (Å²) in [5, 5.41) is 2.78. The molecule has 0 saturated heterocycles. The van der Waals surface area contributed by atoms with Gasteiger partial charge in [-0.2, -0.15) is 0 Å². The van der Waals surface area contributed by atoms with Crippen LogP contribution in [-0.2, 0) is 5.75 Å². The van der Waals surface area contributed by atoms with Crippen molar-refractivity contribution in [3.63, 3.8) is 0 Å². The molecule has 68 valence electrons. The van der Waals surface area contributed by atoms with Gasteiger partial charge in [0.25, 0.3) is 5.24 Å². The molecule has 4 heteroatoms. The van der Waals surface area contributed by atoms with E-state index in [1.165, 1.54) is 11.8 Å². The standard InChI is InChI=1S/C9H9NO2S/c1-12-8-4-2-3-7-6(8)5-13-9(11)10-7/h2-4H,5H2,1H3,(H,10,11). The highest BCUT2D eigenvalue weighted by Crippen LogP contribution is 2.34. The molecule has 0 aromatic heterocycles. The molecule has 13 heavy (non-hydrogen) atoms. The molecule has 1 aromatic carbocycles. The van der Waals surface area contributed by atoms with Crippen LogP contribution in [0.3, 0.4) is 0 Å². The number of hydrogen-bond donors (Lipinski definition) is 1. The maximum Gasteiger partial charge on any atom is 0.283 e. The topological polar surface area (TPSA) is 38.3 Å². The van der Waals surface area contributed by atoms with Gasteiger partial charge in [-0.05, 0) is 12.1 Å². The lowest BCUT2D eigenvalue weighted by Crippen LogP contribution is -2.13. The average molecular weight is 195 g/mol.